The molecule has 25 heavy (non-hydrogen) atoms. The minimum absolute atomic E-state index is 0.0383. The minimum Gasteiger partial charge on any atom is -0.488 e. The average molecular weight is 359 g/mol. The summed E-state index contributed by atoms with van der Waals surface area (Å²) in [6.45, 7) is 0.278. The molecule has 2 aromatic carbocycles. The number of aromatic amines is 1. The van der Waals surface area contributed by atoms with Crippen molar-refractivity contribution in [3.63, 3.8) is 0 Å². The van der Waals surface area contributed by atoms with E-state index in [9.17, 15) is 9.59 Å². The summed E-state index contributed by atoms with van der Waals surface area (Å²) in [6, 6.07) is 14.0. The Hall–Kier alpha value is -2.86. The number of ether oxygens (including phenoxy) is 2. The number of fused-ring (bicyclic) bond motifs is 1. The van der Waals surface area contributed by atoms with E-state index in [1.165, 1.54) is 0 Å². The Morgan fingerprint density at radius 3 is 2.56 bits per heavy atom. The van der Waals surface area contributed by atoms with Crippen LogP contribution in [-0.4, -0.2) is 29.4 Å². The number of H-pyrrole nitrogens is 1. The van der Waals surface area contributed by atoms with Gasteiger partial charge in [-0.15, -0.1) is 0 Å². The standard InChI is InChI=1S/C18H15ClN2O4/c19-14-7-3-4-8-16(14)24-9-10-25-17(22)11-15-12-5-1-2-6-13(12)18(23)21-20-15/h1-8H,9-11H2,(H,21,23). The first-order valence-corrected chi connectivity index (χ1v) is 8.02. The molecule has 0 aliphatic carbocycles. The number of esters is 1. The van der Waals surface area contributed by atoms with E-state index in [-0.39, 0.29) is 25.2 Å². The fourth-order valence-corrected chi connectivity index (χ4v) is 2.55. The fourth-order valence-electron chi connectivity index (χ4n) is 2.36. The van der Waals surface area contributed by atoms with Crippen LogP contribution in [0.2, 0.25) is 5.02 Å². The SMILES string of the molecule is O=C(Cc1n[nH]c(=O)c2ccccc12)OCCOc1ccccc1Cl. The van der Waals surface area contributed by atoms with Gasteiger partial charge >= 0.3 is 5.97 Å². The number of benzene rings is 2. The Balaban J connectivity index is 1.56. The molecule has 0 fully saturated rings. The molecule has 1 aromatic heterocycles. The largest absolute Gasteiger partial charge is 0.488 e. The summed E-state index contributed by atoms with van der Waals surface area (Å²) in [7, 11) is 0. The number of halogens is 1. The van der Waals surface area contributed by atoms with Crippen LogP contribution in [0.1, 0.15) is 5.69 Å². The zero-order valence-corrected chi connectivity index (χ0v) is 14.0. The third kappa shape index (κ3) is 4.16. The van der Waals surface area contributed by atoms with E-state index in [0.29, 0.717) is 27.2 Å². The van der Waals surface area contributed by atoms with E-state index in [0.717, 1.165) is 0 Å². The second-order valence-corrected chi connectivity index (χ2v) is 5.63. The highest BCUT2D eigenvalue weighted by Gasteiger charge is 2.11. The number of carbonyl (C=O) groups is 1. The molecule has 0 radical (unpaired) electrons. The zero-order valence-electron chi connectivity index (χ0n) is 13.2. The van der Waals surface area contributed by atoms with Gasteiger partial charge < -0.3 is 9.47 Å². The van der Waals surface area contributed by atoms with Gasteiger partial charge in [0.25, 0.3) is 5.56 Å². The van der Waals surface area contributed by atoms with Crippen LogP contribution in [0, 0.1) is 0 Å². The average Bonchev–Trinajstić information content (AvgIpc) is 2.63. The zero-order chi connectivity index (χ0) is 17.6. The Labute approximate surface area is 148 Å². The van der Waals surface area contributed by atoms with Gasteiger partial charge in [-0.2, -0.15) is 5.10 Å². The highest BCUT2D eigenvalue weighted by atomic mass is 35.5. The number of hydrogen-bond acceptors (Lipinski definition) is 5. The molecule has 3 rings (SSSR count). The van der Waals surface area contributed by atoms with Gasteiger partial charge in [-0.05, 0) is 18.2 Å². The van der Waals surface area contributed by atoms with Gasteiger partial charge in [0.05, 0.1) is 22.5 Å². The van der Waals surface area contributed by atoms with Gasteiger partial charge in [0.15, 0.2) is 0 Å². The number of aromatic nitrogens is 2. The molecule has 1 heterocycles. The molecule has 0 aliphatic heterocycles. The molecule has 0 spiro atoms. The molecule has 0 unspecified atom stereocenters. The van der Waals surface area contributed by atoms with Crippen molar-refractivity contribution in [2.24, 2.45) is 0 Å². The Morgan fingerprint density at radius 2 is 1.76 bits per heavy atom. The van der Waals surface area contributed by atoms with Crippen molar-refractivity contribution in [3.8, 4) is 5.75 Å². The molecule has 3 aromatic rings. The van der Waals surface area contributed by atoms with Gasteiger partial charge in [0.2, 0.25) is 0 Å². The molecule has 0 bridgehead atoms. The molecule has 1 N–H and O–H groups in total. The number of hydrogen-bond donors (Lipinski definition) is 1. The maximum Gasteiger partial charge on any atom is 0.312 e. The highest BCUT2D eigenvalue weighted by molar-refractivity contribution is 6.32. The summed E-state index contributed by atoms with van der Waals surface area (Å²) in [5, 5.41) is 7.96. The molecular formula is C18H15ClN2O4. The van der Waals surface area contributed by atoms with Crippen LogP contribution in [0.15, 0.2) is 53.3 Å². The van der Waals surface area contributed by atoms with Crippen molar-refractivity contribution in [2.45, 2.75) is 6.42 Å². The lowest BCUT2D eigenvalue weighted by molar-refractivity contribution is -0.143. The second-order valence-electron chi connectivity index (χ2n) is 5.22. The molecule has 6 nitrogen and oxygen atoms in total. The topological polar surface area (TPSA) is 81.3 Å². The van der Waals surface area contributed by atoms with Crippen LogP contribution in [0.25, 0.3) is 10.8 Å². The molecular weight excluding hydrogens is 344 g/mol. The van der Waals surface area contributed by atoms with Crippen molar-refractivity contribution in [3.05, 3.63) is 69.6 Å². The van der Waals surface area contributed by atoms with E-state index in [2.05, 4.69) is 10.2 Å². The lowest BCUT2D eigenvalue weighted by Crippen LogP contribution is -2.17. The number of rotatable bonds is 6. The van der Waals surface area contributed by atoms with Crippen molar-refractivity contribution < 1.29 is 14.3 Å². The van der Waals surface area contributed by atoms with Gasteiger partial charge in [-0.1, -0.05) is 41.9 Å². The van der Waals surface area contributed by atoms with Crippen LogP contribution in [-0.2, 0) is 16.0 Å². The summed E-state index contributed by atoms with van der Waals surface area (Å²) < 4.78 is 10.6. The summed E-state index contributed by atoms with van der Waals surface area (Å²) >= 11 is 5.97. The van der Waals surface area contributed by atoms with E-state index < -0.39 is 5.97 Å². The Bertz CT molecular complexity index is 955. The van der Waals surface area contributed by atoms with Crippen molar-refractivity contribution in [2.75, 3.05) is 13.2 Å². The number of para-hydroxylation sites is 1. The van der Waals surface area contributed by atoms with Gasteiger partial charge in [-0.25, -0.2) is 5.10 Å². The first-order chi connectivity index (χ1) is 12.1. The lowest BCUT2D eigenvalue weighted by atomic mass is 10.1. The smallest absolute Gasteiger partial charge is 0.312 e. The fraction of sp³-hybridized carbons (Fsp3) is 0.167. The predicted molar refractivity (Wildman–Crippen MR) is 94.0 cm³/mol. The first kappa shape index (κ1) is 17.0. The van der Waals surface area contributed by atoms with Crippen LogP contribution in [0.3, 0.4) is 0 Å². The summed E-state index contributed by atoms with van der Waals surface area (Å²) in [5.41, 5.74) is 0.174. The third-order valence-corrected chi connectivity index (χ3v) is 3.84. The molecule has 0 aliphatic rings. The second kappa shape index (κ2) is 7.81. The summed E-state index contributed by atoms with van der Waals surface area (Å²) in [4.78, 5) is 23.7. The number of nitrogens with zero attached hydrogens (tertiary/aromatic N) is 1. The van der Waals surface area contributed by atoms with Crippen LogP contribution in [0.4, 0.5) is 0 Å². The van der Waals surface area contributed by atoms with Gasteiger partial charge in [-0.3, -0.25) is 9.59 Å². The molecule has 0 saturated carbocycles. The van der Waals surface area contributed by atoms with Crippen molar-refractivity contribution >= 4 is 28.3 Å². The van der Waals surface area contributed by atoms with Gasteiger partial charge in [0.1, 0.15) is 19.0 Å². The maximum atomic E-state index is 12.0. The van der Waals surface area contributed by atoms with Crippen molar-refractivity contribution in [1.82, 2.24) is 10.2 Å². The van der Waals surface area contributed by atoms with Crippen LogP contribution in [0.5, 0.6) is 5.75 Å². The lowest BCUT2D eigenvalue weighted by Gasteiger charge is -2.09. The molecule has 0 amide bonds. The molecule has 7 heteroatoms. The van der Waals surface area contributed by atoms with E-state index in [1.54, 1.807) is 48.5 Å². The molecule has 0 atom stereocenters. The third-order valence-electron chi connectivity index (χ3n) is 3.53. The summed E-state index contributed by atoms with van der Waals surface area (Å²) in [6.07, 6.45) is -0.0383. The minimum atomic E-state index is -0.451. The molecule has 0 saturated heterocycles. The Morgan fingerprint density at radius 1 is 1.04 bits per heavy atom. The van der Waals surface area contributed by atoms with E-state index in [4.69, 9.17) is 21.1 Å². The van der Waals surface area contributed by atoms with Gasteiger partial charge in [0, 0.05) is 5.39 Å². The van der Waals surface area contributed by atoms with Crippen LogP contribution >= 0.6 is 11.6 Å². The summed E-state index contributed by atoms with van der Waals surface area (Å²) in [5.74, 6) is 0.0842. The monoisotopic (exact) mass is 358 g/mol. The Kier molecular flexibility index (Phi) is 5.30. The van der Waals surface area contributed by atoms with Crippen LogP contribution < -0.4 is 10.3 Å². The quantitative estimate of drug-likeness (QED) is 0.541. The normalized spacial score (nSPS) is 10.6. The van der Waals surface area contributed by atoms with E-state index in [1.807, 2.05) is 0 Å². The maximum absolute atomic E-state index is 12.0. The highest BCUT2D eigenvalue weighted by Crippen LogP contribution is 2.22. The van der Waals surface area contributed by atoms with Crippen molar-refractivity contribution in [1.29, 1.82) is 0 Å². The van der Waals surface area contributed by atoms with E-state index >= 15 is 0 Å². The first-order valence-electron chi connectivity index (χ1n) is 7.64. The molecule has 128 valence electrons. The number of carbonyl (C=O) groups excluding carboxylic acids is 1. The predicted octanol–water partition coefficient (Wildman–Crippen LogP) is 2.74. The number of nitrogens with one attached hydrogen (secondary N) is 1.